The van der Waals surface area contributed by atoms with Crippen LogP contribution in [0.25, 0.3) is 5.82 Å². The molecule has 122 valence electrons. The number of rotatable bonds is 3. The van der Waals surface area contributed by atoms with Gasteiger partial charge in [0.05, 0.1) is 11.8 Å². The van der Waals surface area contributed by atoms with Crippen LogP contribution >= 0.6 is 0 Å². The first-order chi connectivity index (χ1) is 11.7. The Kier molecular flexibility index (Phi) is 3.60. The zero-order valence-electron chi connectivity index (χ0n) is 13.4. The zero-order valence-corrected chi connectivity index (χ0v) is 13.4. The van der Waals surface area contributed by atoms with E-state index >= 15 is 0 Å². The maximum absolute atomic E-state index is 12.7. The number of nitrogens with one attached hydrogen (secondary N) is 1. The Morgan fingerprint density at radius 3 is 2.92 bits per heavy atom. The van der Waals surface area contributed by atoms with Gasteiger partial charge in [-0.2, -0.15) is 10.2 Å². The Bertz CT molecular complexity index is 836. The van der Waals surface area contributed by atoms with Crippen molar-refractivity contribution in [1.82, 2.24) is 29.9 Å². The van der Waals surface area contributed by atoms with Gasteiger partial charge in [-0.15, -0.1) is 0 Å². The number of pyridine rings is 1. The molecule has 0 spiro atoms. The quantitative estimate of drug-likeness (QED) is 0.799. The van der Waals surface area contributed by atoms with Gasteiger partial charge in [-0.05, 0) is 37.1 Å². The van der Waals surface area contributed by atoms with Crippen LogP contribution in [0.2, 0.25) is 0 Å². The Hall–Kier alpha value is -2.96. The molecule has 7 heteroatoms. The molecule has 1 fully saturated rings. The smallest absolute Gasteiger partial charge is 0.255 e. The van der Waals surface area contributed by atoms with Gasteiger partial charge in [0.2, 0.25) is 0 Å². The molecule has 1 amide bonds. The molecule has 0 radical (unpaired) electrons. The summed E-state index contributed by atoms with van der Waals surface area (Å²) in [6.45, 7) is 3.51. The van der Waals surface area contributed by atoms with Gasteiger partial charge >= 0.3 is 0 Å². The number of aryl methyl sites for hydroxylation is 1. The predicted molar refractivity (Wildman–Crippen MR) is 87.9 cm³/mol. The average molecular weight is 322 g/mol. The third-order valence-electron chi connectivity index (χ3n) is 4.49. The van der Waals surface area contributed by atoms with Crippen molar-refractivity contribution in [2.75, 3.05) is 13.1 Å². The van der Waals surface area contributed by atoms with Crippen molar-refractivity contribution < 1.29 is 4.79 Å². The molecule has 1 aliphatic rings. The number of H-pyrrole nitrogens is 1. The number of likely N-dealkylation sites (tertiary alicyclic amines) is 1. The van der Waals surface area contributed by atoms with E-state index < -0.39 is 0 Å². The van der Waals surface area contributed by atoms with Gasteiger partial charge in [0.15, 0.2) is 5.82 Å². The minimum Gasteiger partial charge on any atom is -0.338 e. The average Bonchev–Trinajstić information content (AvgIpc) is 3.35. The number of hydrogen-bond donors (Lipinski definition) is 1. The minimum atomic E-state index is 0.0224. The van der Waals surface area contributed by atoms with Gasteiger partial charge < -0.3 is 4.90 Å². The Balaban J connectivity index is 1.47. The first kappa shape index (κ1) is 14.6. The summed E-state index contributed by atoms with van der Waals surface area (Å²) in [5, 5.41) is 11.3. The van der Waals surface area contributed by atoms with Gasteiger partial charge in [-0.25, -0.2) is 9.67 Å². The first-order valence-corrected chi connectivity index (χ1v) is 7.97. The molecule has 7 nitrogen and oxygen atoms in total. The van der Waals surface area contributed by atoms with Gasteiger partial charge in [0, 0.05) is 43.3 Å². The molecule has 1 N–H and O–H groups in total. The number of nitrogens with zero attached hydrogens (tertiary/aromatic N) is 5. The van der Waals surface area contributed by atoms with Crippen LogP contribution in [0.15, 0.2) is 43.0 Å². The number of aromatic amines is 1. The zero-order chi connectivity index (χ0) is 16.5. The molecule has 3 aromatic heterocycles. The summed E-state index contributed by atoms with van der Waals surface area (Å²) in [5.74, 6) is 1.05. The van der Waals surface area contributed by atoms with E-state index in [1.165, 1.54) is 0 Å². The number of hydrogen-bond acceptors (Lipinski definition) is 4. The maximum atomic E-state index is 12.7. The van der Waals surface area contributed by atoms with Crippen LogP contribution in [0.3, 0.4) is 0 Å². The highest BCUT2D eigenvalue weighted by molar-refractivity contribution is 5.94. The highest BCUT2D eigenvalue weighted by Gasteiger charge is 2.29. The Morgan fingerprint density at radius 2 is 2.25 bits per heavy atom. The van der Waals surface area contributed by atoms with Gasteiger partial charge in [-0.1, -0.05) is 0 Å². The number of carbonyl (C=O) groups excluding carboxylic acids is 1. The van der Waals surface area contributed by atoms with Gasteiger partial charge in [0.25, 0.3) is 5.91 Å². The van der Waals surface area contributed by atoms with Crippen LogP contribution in [0.5, 0.6) is 0 Å². The van der Waals surface area contributed by atoms with Gasteiger partial charge in [0.1, 0.15) is 0 Å². The number of amides is 1. The highest BCUT2D eigenvalue weighted by atomic mass is 16.2. The first-order valence-electron chi connectivity index (χ1n) is 7.97. The van der Waals surface area contributed by atoms with E-state index in [2.05, 4.69) is 20.3 Å². The number of aromatic nitrogens is 5. The summed E-state index contributed by atoms with van der Waals surface area (Å²) in [6, 6.07) is 5.45. The van der Waals surface area contributed by atoms with Crippen molar-refractivity contribution in [2.24, 2.45) is 0 Å². The molecule has 0 aromatic carbocycles. The molecular weight excluding hydrogens is 304 g/mol. The van der Waals surface area contributed by atoms with Crippen molar-refractivity contribution in [3.05, 3.63) is 59.8 Å². The molecule has 4 heterocycles. The van der Waals surface area contributed by atoms with Crippen molar-refractivity contribution in [3.63, 3.8) is 0 Å². The van der Waals surface area contributed by atoms with E-state index in [0.29, 0.717) is 23.8 Å². The van der Waals surface area contributed by atoms with Crippen LogP contribution in [-0.2, 0) is 0 Å². The lowest BCUT2D eigenvalue weighted by atomic mass is 10.0. The molecule has 3 aromatic rings. The minimum absolute atomic E-state index is 0.0224. The molecular formula is C17H18N6O. The van der Waals surface area contributed by atoms with E-state index in [1.807, 2.05) is 36.4 Å². The molecule has 0 unspecified atom stereocenters. The van der Waals surface area contributed by atoms with Crippen molar-refractivity contribution in [2.45, 2.75) is 19.3 Å². The summed E-state index contributed by atoms with van der Waals surface area (Å²) >= 11 is 0. The standard InChI is InChI=1S/C17H18N6O/c1-12-9-19-21-16(12)14-5-8-22(11-14)17(24)13-3-4-15(18-10-13)23-7-2-6-20-23/h2-4,6-7,9-10,14H,5,8,11H2,1H3,(H,19,21)/t14-/m0/s1. The van der Waals surface area contributed by atoms with E-state index in [-0.39, 0.29) is 5.91 Å². The van der Waals surface area contributed by atoms with Crippen LogP contribution < -0.4 is 0 Å². The topological polar surface area (TPSA) is 79.7 Å². The lowest BCUT2D eigenvalue weighted by Crippen LogP contribution is -2.28. The van der Waals surface area contributed by atoms with E-state index in [0.717, 1.165) is 24.2 Å². The van der Waals surface area contributed by atoms with Crippen molar-refractivity contribution in [3.8, 4) is 5.82 Å². The fraction of sp³-hybridized carbons (Fsp3) is 0.294. The lowest BCUT2D eigenvalue weighted by Gasteiger charge is -2.16. The second kappa shape index (κ2) is 5.92. The van der Waals surface area contributed by atoms with Crippen molar-refractivity contribution >= 4 is 5.91 Å². The second-order valence-electron chi connectivity index (χ2n) is 6.06. The van der Waals surface area contributed by atoms with Crippen LogP contribution in [0.1, 0.15) is 34.0 Å². The maximum Gasteiger partial charge on any atom is 0.255 e. The molecule has 1 saturated heterocycles. The summed E-state index contributed by atoms with van der Waals surface area (Å²) in [5.41, 5.74) is 2.89. The summed E-state index contributed by atoms with van der Waals surface area (Å²) in [6.07, 6.45) is 7.92. The Morgan fingerprint density at radius 1 is 1.33 bits per heavy atom. The molecule has 0 aliphatic carbocycles. The molecule has 1 atom stereocenters. The third-order valence-corrected chi connectivity index (χ3v) is 4.49. The van der Waals surface area contributed by atoms with Crippen LogP contribution in [0, 0.1) is 6.92 Å². The second-order valence-corrected chi connectivity index (χ2v) is 6.06. The van der Waals surface area contributed by atoms with E-state index in [1.54, 1.807) is 23.1 Å². The summed E-state index contributed by atoms with van der Waals surface area (Å²) < 4.78 is 1.67. The lowest BCUT2D eigenvalue weighted by molar-refractivity contribution is 0.0790. The highest BCUT2D eigenvalue weighted by Crippen LogP contribution is 2.28. The Labute approximate surface area is 139 Å². The summed E-state index contributed by atoms with van der Waals surface area (Å²) in [7, 11) is 0. The fourth-order valence-electron chi connectivity index (χ4n) is 3.18. The number of carbonyl (C=O) groups is 1. The summed E-state index contributed by atoms with van der Waals surface area (Å²) in [4.78, 5) is 18.9. The van der Waals surface area contributed by atoms with Crippen LogP contribution in [0.4, 0.5) is 0 Å². The largest absolute Gasteiger partial charge is 0.338 e. The van der Waals surface area contributed by atoms with E-state index in [9.17, 15) is 4.79 Å². The third kappa shape index (κ3) is 2.58. The van der Waals surface area contributed by atoms with Gasteiger partial charge in [-0.3, -0.25) is 9.89 Å². The molecule has 0 bridgehead atoms. The van der Waals surface area contributed by atoms with Crippen molar-refractivity contribution in [1.29, 1.82) is 0 Å². The molecule has 0 saturated carbocycles. The SMILES string of the molecule is Cc1cn[nH]c1[C@H]1CCN(C(=O)c2ccc(-n3cccn3)nc2)C1. The molecule has 24 heavy (non-hydrogen) atoms. The molecule has 4 rings (SSSR count). The molecule has 1 aliphatic heterocycles. The normalized spacial score (nSPS) is 17.4. The predicted octanol–water partition coefficient (Wildman–Crippen LogP) is 1.93. The van der Waals surface area contributed by atoms with E-state index in [4.69, 9.17) is 0 Å². The monoisotopic (exact) mass is 322 g/mol. The van der Waals surface area contributed by atoms with Crippen LogP contribution in [-0.4, -0.2) is 48.9 Å². The fourth-order valence-corrected chi connectivity index (χ4v) is 3.18.